The standard InChI is InChI=1S/C40H30B2N6S2/c1-45-39-37(31-17-9-11-19-35(31)49-39)47(29-13-5-3-6-14-29)41(45)27-21-23-33(43-25-27)34-24-22-28(26-44-34)42-46(2)40-38(32-18-10-12-20-36(32)50-40)48(42)30-15-7-4-8-16-30/h3-26H,1-2H3. The van der Waals surface area contributed by atoms with Crippen LogP contribution in [0.5, 0.6) is 0 Å². The number of para-hydroxylation sites is 2. The molecule has 0 atom stereocenters. The highest BCUT2D eigenvalue weighted by Gasteiger charge is 2.45. The average molecular weight is 680 g/mol. The SMILES string of the molecule is CN1B(c2ccc(-c3ccc(B4N(C)c5sc6ccccc6c5N4c4ccccc4)cn3)nc2)N(c2ccccc2)c2c1sc1ccccc21. The molecule has 6 nitrogen and oxygen atoms in total. The maximum Gasteiger partial charge on any atom is 0.418 e. The van der Waals surface area contributed by atoms with Gasteiger partial charge in [0, 0.05) is 43.9 Å². The lowest BCUT2D eigenvalue weighted by atomic mass is 9.65. The van der Waals surface area contributed by atoms with E-state index in [-0.39, 0.29) is 14.0 Å². The third kappa shape index (κ3) is 4.42. The van der Waals surface area contributed by atoms with E-state index in [1.54, 1.807) is 0 Å². The number of pyridine rings is 2. The van der Waals surface area contributed by atoms with E-state index in [0.717, 1.165) is 33.7 Å². The Bertz CT molecular complexity index is 2330. The van der Waals surface area contributed by atoms with Crippen molar-refractivity contribution in [3.05, 3.63) is 146 Å². The summed E-state index contributed by atoms with van der Waals surface area (Å²) < 4.78 is 2.60. The zero-order valence-corrected chi connectivity index (χ0v) is 29.1. The van der Waals surface area contributed by atoms with Crippen molar-refractivity contribution in [2.24, 2.45) is 0 Å². The number of anilines is 6. The fourth-order valence-electron chi connectivity index (χ4n) is 7.68. The second-order valence-electron chi connectivity index (χ2n) is 12.8. The first kappa shape index (κ1) is 29.4. The first-order valence-electron chi connectivity index (χ1n) is 16.8. The minimum atomic E-state index is -0.0144. The van der Waals surface area contributed by atoms with Gasteiger partial charge in [-0.05, 0) is 73.6 Å². The van der Waals surface area contributed by atoms with E-state index in [9.17, 15) is 0 Å². The van der Waals surface area contributed by atoms with Gasteiger partial charge < -0.3 is 19.2 Å². The van der Waals surface area contributed by atoms with Crippen LogP contribution in [0.4, 0.5) is 32.8 Å². The number of rotatable bonds is 5. The van der Waals surface area contributed by atoms with Gasteiger partial charge in [-0.25, -0.2) is 0 Å². The zero-order valence-electron chi connectivity index (χ0n) is 27.5. The molecule has 10 heteroatoms. The lowest BCUT2D eigenvalue weighted by Crippen LogP contribution is -2.53. The Morgan fingerprint density at radius 1 is 0.460 bits per heavy atom. The number of nitrogens with zero attached hydrogens (tertiary/aromatic N) is 6. The highest BCUT2D eigenvalue weighted by Crippen LogP contribution is 2.53. The van der Waals surface area contributed by atoms with Crippen LogP contribution >= 0.6 is 22.7 Å². The summed E-state index contributed by atoms with van der Waals surface area (Å²) in [6, 6.07) is 47.4. The van der Waals surface area contributed by atoms with Gasteiger partial charge in [0.05, 0.1) is 22.8 Å². The fraction of sp³-hybridized carbons (Fsp3) is 0.0500. The van der Waals surface area contributed by atoms with Gasteiger partial charge in [-0.3, -0.25) is 9.97 Å². The summed E-state index contributed by atoms with van der Waals surface area (Å²) in [4.78, 5) is 19.7. The molecule has 8 aromatic rings. The third-order valence-corrected chi connectivity index (χ3v) is 12.4. The molecular formula is C40H30B2N6S2. The monoisotopic (exact) mass is 680 g/mol. The number of thiophene rings is 2. The topological polar surface area (TPSA) is 38.7 Å². The van der Waals surface area contributed by atoms with Crippen molar-refractivity contribution in [3.63, 3.8) is 0 Å². The molecule has 10 rings (SSSR count). The van der Waals surface area contributed by atoms with Crippen molar-refractivity contribution >= 4 is 100 Å². The van der Waals surface area contributed by atoms with Gasteiger partial charge in [-0.15, -0.1) is 22.7 Å². The van der Waals surface area contributed by atoms with E-state index in [1.807, 2.05) is 35.1 Å². The number of benzene rings is 4. The van der Waals surface area contributed by atoms with Gasteiger partial charge in [0.15, 0.2) is 0 Å². The maximum absolute atomic E-state index is 5.00. The molecule has 2 aliphatic rings. The molecule has 0 saturated heterocycles. The molecule has 0 amide bonds. The van der Waals surface area contributed by atoms with E-state index in [0.29, 0.717) is 0 Å². The second kappa shape index (κ2) is 11.5. The Morgan fingerprint density at radius 3 is 1.26 bits per heavy atom. The molecule has 6 heterocycles. The van der Waals surface area contributed by atoms with Gasteiger partial charge in [0.25, 0.3) is 0 Å². The zero-order chi connectivity index (χ0) is 33.3. The summed E-state index contributed by atoms with van der Waals surface area (Å²) in [6.07, 6.45) is 4.04. The molecule has 4 aromatic heterocycles. The quantitative estimate of drug-likeness (QED) is 0.170. The highest BCUT2D eigenvalue weighted by atomic mass is 32.1. The molecule has 0 fully saturated rings. The molecule has 2 aliphatic heterocycles. The van der Waals surface area contributed by atoms with E-state index >= 15 is 0 Å². The van der Waals surface area contributed by atoms with Gasteiger partial charge >= 0.3 is 14.0 Å². The minimum absolute atomic E-state index is 0.0144. The van der Waals surface area contributed by atoms with Crippen LogP contribution in [0.25, 0.3) is 31.6 Å². The van der Waals surface area contributed by atoms with Crippen molar-refractivity contribution in [2.45, 2.75) is 0 Å². The Kier molecular flexibility index (Phi) is 6.76. The molecule has 0 bridgehead atoms. The summed E-state index contributed by atoms with van der Waals surface area (Å²) in [6.45, 7) is -0.0288. The molecule has 0 radical (unpaired) electrons. The van der Waals surface area contributed by atoms with Crippen LogP contribution in [0.15, 0.2) is 146 Å². The van der Waals surface area contributed by atoms with Crippen molar-refractivity contribution in [2.75, 3.05) is 33.3 Å². The van der Waals surface area contributed by atoms with Gasteiger partial charge in [0.1, 0.15) is 10.0 Å². The number of hydrogen-bond donors (Lipinski definition) is 0. The Hall–Kier alpha value is -5.57. The number of fused-ring (bicyclic) bond motifs is 6. The average Bonchev–Trinajstić information content (AvgIpc) is 3.90. The summed E-state index contributed by atoms with van der Waals surface area (Å²) in [5.74, 6) is 0. The number of aromatic nitrogens is 2. The van der Waals surface area contributed by atoms with Crippen LogP contribution < -0.4 is 30.2 Å². The summed E-state index contributed by atoms with van der Waals surface area (Å²) in [5, 5.41) is 5.10. The lowest BCUT2D eigenvalue weighted by molar-refractivity contribution is 1.25. The highest BCUT2D eigenvalue weighted by molar-refractivity contribution is 7.25. The largest absolute Gasteiger partial charge is 0.418 e. The Morgan fingerprint density at radius 2 is 0.860 bits per heavy atom. The number of hydrogen-bond acceptors (Lipinski definition) is 8. The molecule has 50 heavy (non-hydrogen) atoms. The molecule has 0 aliphatic carbocycles. The van der Waals surface area contributed by atoms with Crippen LogP contribution in [-0.2, 0) is 0 Å². The molecule has 0 N–H and O–H groups in total. The van der Waals surface area contributed by atoms with Crippen LogP contribution in [0.1, 0.15) is 0 Å². The second-order valence-corrected chi connectivity index (χ2v) is 14.9. The lowest BCUT2D eigenvalue weighted by Gasteiger charge is -2.28. The predicted octanol–water partition coefficient (Wildman–Crippen LogP) is 8.54. The van der Waals surface area contributed by atoms with E-state index in [2.05, 4.69) is 167 Å². The molecular weight excluding hydrogens is 650 g/mol. The van der Waals surface area contributed by atoms with Gasteiger partial charge in [0.2, 0.25) is 0 Å². The van der Waals surface area contributed by atoms with Crippen molar-refractivity contribution in [3.8, 4) is 11.4 Å². The van der Waals surface area contributed by atoms with Crippen LogP contribution in [-0.4, -0.2) is 38.0 Å². The summed E-state index contributed by atoms with van der Waals surface area (Å²) in [5.41, 5.74) is 8.83. The fourth-order valence-corrected chi connectivity index (χ4v) is 10.0. The van der Waals surface area contributed by atoms with Gasteiger partial charge in [-0.1, -0.05) is 84.9 Å². The van der Waals surface area contributed by atoms with Crippen LogP contribution in [0.3, 0.4) is 0 Å². The normalized spacial score (nSPS) is 14.0. The van der Waals surface area contributed by atoms with Crippen LogP contribution in [0.2, 0.25) is 0 Å². The third-order valence-electron chi connectivity index (χ3n) is 9.95. The maximum atomic E-state index is 5.00. The molecule has 0 unspecified atom stereocenters. The summed E-state index contributed by atoms with van der Waals surface area (Å²) in [7, 11) is 4.38. The molecule has 0 spiro atoms. The first-order valence-corrected chi connectivity index (χ1v) is 18.4. The van der Waals surface area contributed by atoms with Crippen molar-refractivity contribution in [1.29, 1.82) is 0 Å². The molecule has 0 saturated carbocycles. The van der Waals surface area contributed by atoms with Crippen molar-refractivity contribution in [1.82, 2.24) is 9.97 Å². The van der Waals surface area contributed by atoms with E-state index in [4.69, 9.17) is 9.97 Å². The molecule has 4 aromatic carbocycles. The summed E-state index contributed by atoms with van der Waals surface area (Å²) >= 11 is 3.69. The van der Waals surface area contributed by atoms with Crippen LogP contribution in [0, 0.1) is 0 Å². The first-order chi connectivity index (χ1) is 24.7. The van der Waals surface area contributed by atoms with E-state index in [1.165, 1.54) is 41.5 Å². The van der Waals surface area contributed by atoms with E-state index < -0.39 is 0 Å². The smallest absolute Gasteiger partial charge is 0.385 e. The minimum Gasteiger partial charge on any atom is -0.385 e. The van der Waals surface area contributed by atoms with Crippen molar-refractivity contribution < 1.29 is 0 Å². The predicted molar refractivity (Wildman–Crippen MR) is 216 cm³/mol. The Labute approximate surface area is 299 Å². The Balaban J connectivity index is 0.981. The van der Waals surface area contributed by atoms with Gasteiger partial charge in [-0.2, -0.15) is 0 Å². The molecule has 238 valence electrons.